The first-order valence-electron chi connectivity index (χ1n) is 3.73. The predicted molar refractivity (Wildman–Crippen MR) is 49.5 cm³/mol. The number of nitrogens with one attached hydrogen (secondary N) is 1. The first-order chi connectivity index (χ1) is 6.70. The van der Waals surface area contributed by atoms with Crippen LogP contribution >= 0.6 is 11.6 Å². The average Bonchev–Trinajstić information content (AvgIpc) is 2.67. The molecule has 0 saturated heterocycles. The lowest BCUT2D eigenvalue weighted by molar-refractivity contribution is 0.991. The lowest BCUT2D eigenvalue weighted by Crippen LogP contribution is -2.14. The fraction of sp³-hybridized carbons (Fsp3) is 0.125. The van der Waals surface area contributed by atoms with Crippen LogP contribution in [0.2, 0.25) is 5.02 Å². The van der Waals surface area contributed by atoms with E-state index in [1.807, 2.05) is 6.07 Å². The van der Waals surface area contributed by atoms with Crippen molar-refractivity contribution in [2.45, 2.75) is 6.92 Å². The highest BCUT2D eigenvalue weighted by Crippen LogP contribution is 2.18. The first-order valence-corrected chi connectivity index (χ1v) is 4.11. The number of hydrogen-bond acceptors (Lipinski definition) is 4. The molecule has 0 aliphatic carbocycles. The molecule has 2 aromatic rings. The molecule has 0 unspecified atom stereocenters. The van der Waals surface area contributed by atoms with Gasteiger partial charge in [-0.3, -0.25) is 9.81 Å². The van der Waals surface area contributed by atoms with Crippen molar-refractivity contribution in [1.82, 2.24) is 14.6 Å². The highest BCUT2D eigenvalue weighted by Gasteiger charge is 2.16. The van der Waals surface area contributed by atoms with Gasteiger partial charge in [0.2, 0.25) is 0 Å². The molecule has 5 nitrogen and oxygen atoms in total. The third kappa shape index (κ3) is 0.867. The molecule has 0 atom stereocenters. The molecular weight excluding hydrogens is 202 g/mol. The quantitative estimate of drug-likeness (QED) is 0.624. The van der Waals surface area contributed by atoms with Crippen molar-refractivity contribution in [3.05, 3.63) is 21.8 Å². The summed E-state index contributed by atoms with van der Waals surface area (Å²) in [5.74, 6) is 2.74. The van der Waals surface area contributed by atoms with Gasteiger partial charge < -0.3 is 0 Å². The van der Waals surface area contributed by atoms with Gasteiger partial charge in [-0.05, 0) is 6.92 Å². The Morgan fingerprint density at radius 3 is 2.79 bits per heavy atom. The van der Waals surface area contributed by atoms with Crippen LogP contribution in [0.15, 0.2) is 0 Å². The summed E-state index contributed by atoms with van der Waals surface area (Å²) >= 11 is 5.89. The number of rotatable bonds is 0. The number of hydrogen-bond donors (Lipinski definition) is 1. The van der Waals surface area contributed by atoms with Crippen LogP contribution in [-0.4, -0.2) is 20.5 Å². The SMILES string of the molecule is Cc1nnc2c(Cl)c(C#N)c(=C=N)n12. The van der Waals surface area contributed by atoms with E-state index in [1.54, 1.807) is 6.92 Å². The molecule has 0 fully saturated rings. The van der Waals surface area contributed by atoms with Gasteiger partial charge in [0.25, 0.3) is 0 Å². The van der Waals surface area contributed by atoms with Gasteiger partial charge in [0.1, 0.15) is 27.8 Å². The average molecular weight is 206 g/mol. The fourth-order valence-corrected chi connectivity index (χ4v) is 1.57. The molecule has 1 N–H and O–H groups in total. The van der Waals surface area contributed by atoms with Crippen LogP contribution in [-0.2, 0) is 0 Å². The Kier molecular flexibility index (Phi) is 1.74. The minimum Gasteiger partial charge on any atom is -0.268 e. The van der Waals surface area contributed by atoms with Crippen molar-refractivity contribution in [1.29, 1.82) is 10.7 Å². The Hall–Kier alpha value is -1.89. The Bertz CT molecular complexity index is 629. The van der Waals surface area contributed by atoms with E-state index in [9.17, 15) is 0 Å². The molecular formula is C8H4ClN5. The number of nitrogens with zero attached hydrogens (tertiary/aromatic N) is 4. The third-order valence-electron chi connectivity index (χ3n) is 1.93. The van der Waals surface area contributed by atoms with Gasteiger partial charge in [0.05, 0.1) is 0 Å². The number of aryl methyl sites for hydroxylation is 1. The standard InChI is InChI=1S/C8H4ClN5/c1-4-12-13-8-7(9)5(2-10)6(3-11)14(4)8/h11H,1H3. The minimum absolute atomic E-state index is 0.217. The molecule has 0 amide bonds. The van der Waals surface area contributed by atoms with Crippen molar-refractivity contribution in [2.24, 2.45) is 0 Å². The summed E-state index contributed by atoms with van der Waals surface area (Å²) in [5, 5.41) is 24.0. The van der Waals surface area contributed by atoms with E-state index in [0.29, 0.717) is 16.8 Å². The fourth-order valence-electron chi connectivity index (χ4n) is 1.32. The Morgan fingerprint density at radius 2 is 2.21 bits per heavy atom. The molecule has 0 aliphatic rings. The molecule has 0 aromatic carbocycles. The third-order valence-corrected chi connectivity index (χ3v) is 2.29. The molecule has 0 bridgehead atoms. The molecule has 2 heterocycles. The van der Waals surface area contributed by atoms with E-state index in [4.69, 9.17) is 22.3 Å². The topological polar surface area (TPSA) is 77.8 Å². The van der Waals surface area contributed by atoms with Crippen molar-refractivity contribution in [3.8, 4) is 6.07 Å². The van der Waals surface area contributed by atoms with E-state index in [1.165, 1.54) is 4.40 Å². The summed E-state index contributed by atoms with van der Waals surface area (Å²) in [4.78, 5) is 0. The van der Waals surface area contributed by atoms with Gasteiger partial charge in [0, 0.05) is 5.87 Å². The second-order valence-electron chi connectivity index (χ2n) is 2.68. The molecule has 0 saturated carbocycles. The molecule has 2 rings (SSSR count). The summed E-state index contributed by atoms with van der Waals surface area (Å²) in [7, 11) is 0. The second-order valence-corrected chi connectivity index (χ2v) is 3.06. The molecule has 0 spiro atoms. The lowest BCUT2D eigenvalue weighted by Gasteiger charge is -1.83. The number of nitriles is 1. The second kappa shape index (κ2) is 2.81. The van der Waals surface area contributed by atoms with Crippen molar-refractivity contribution < 1.29 is 0 Å². The maximum absolute atomic E-state index is 8.82. The zero-order valence-electron chi connectivity index (χ0n) is 7.17. The van der Waals surface area contributed by atoms with Crippen LogP contribution in [0.3, 0.4) is 0 Å². The van der Waals surface area contributed by atoms with Crippen LogP contribution in [0.25, 0.3) is 5.65 Å². The van der Waals surface area contributed by atoms with Gasteiger partial charge in [-0.2, -0.15) is 5.26 Å². The summed E-state index contributed by atoms with van der Waals surface area (Å²) in [5.41, 5.74) is 0.616. The zero-order valence-corrected chi connectivity index (χ0v) is 7.92. The van der Waals surface area contributed by atoms with E-state index in [0.717, 1.165) is 0 Å². The maximum Gasteiger partial charge on any atom is 0.182 e. The Balaban J connectivity index is 3.20. The van der Waals surface area contributed by atoms with Gasteiger partial charge in [-0.1, -0.05) is 11.6 Å². The van der Waals surface area contributed by atoms with Crippen LogP contribution in [0.4, 0.5) is 0 Å². The molecule has 2 aromatic heterocycles. The maximum atomic E-state index is 8.82. The lowest BCUT2D eigenvalue weighted by atomic mass is 10.3. The summed E-state index contributed by atoms with van der Waals surface area (Å²) in [6, 6.07) is 1.91. The summed E-state index contributed by atoms with van der Waals surface area (Å²) in [6.45, 7) is 1.72. The van der Waals surface area contributed by atoms with Gasteiger partial charge in [-0.15, -0.1) is 10.2 Å². The Labute approximate surface area is 83.7 Å². The van der Waals surface area contributed by atoms with Crippen LogP contribution in [0.1, 0.15) is 11.4 Å². The van der Waals surface area contributed by atoms with E-state index >= 15 is 0 Å². The minimum atomic E-state index is 0.217. The van der Waals surface area contributed by atoms with Crippen LogP contribution in [0, 0.1) is 23.7 Å². The number of aromatic nitrogens is 3. The molecule has 6 heteroatoms. The van der Waals surface area contributed by atoms with E-state index in [2.05, 4.69) is 16.1 Å². The van der Waals surface area contributed by atoms with E-state index < -0.39 is 0 Å². The van der Waals surface area contributed by atoms with Crippen molar-refractivity contribution in [3.63, 3.8) is 0 Å². The highest BCUT2D eigenvalue weighted by atomic mass is 35.5. The molecule has 0 radical (unpaired) electrons. The highest BCUT2D eigenvalue weighted by molar-refractivity contribution is 6.34. The smallest absolute Gasteiger partial charge is 0.182 e. The largest absolute Gasteiger partial charge is 0.268 e. The van der Waals surface area contributed by atoms with Crippen LogP contribution in [0.5, 0.6) is 0 Å². The molecule has 14 heavy (non-hydrogen) atoms. The summed E-state index contributed by atoms with van der Waals surface area (Å²) < 4.78 is 1.54. The predicted octanol–water partition coefficient (Wildman–Crippen LogP) is 0.202. The monoisotopic (exact) mass is 205 g/mol. The normalized spacial score (nSPS) is 10.1. The van der Waals surface area contributed by atoms with Crippen LogP contribution < -0.4 is 5.35 Å². The van der Waals surface area contributed by atoms with Crippen molar-refractivity contribution in [2.75, 3.05) is 0 Å². The van der Waals surface area contributed by atoms with E-state index in [-0.39, 0.29) is 10.6 Å². The van der Waals surface area contributed by atoms with Gasteiger partial charge in [0.15, 0.2) is 5.65 Å². The molecule has 68 valence electrons. The Morgan fingerprint density at radius 1 is 1.50 bits per heavy atom. The molecule has 0 aliphatic heterocycles. The zero-order chi connectivity index (χ0) is 10.3. The van der Waals surface area contributed by atoms with Crippen molar-refractivity contribution >= 4 is 23.1 Å². The van der Waals surface area contributed by atoms with Gasteiger partial charge in [-0.25, -0.2) is 0 Å². The number of fused-ring (bicyclic) bond motifs is 1. The first kappa shape index (κ1) is 8.70. The number of halogens is 1. The van der Waals surface area contributed by atoms with Gasteiger partial charge >= 0.3 is 0 Å². The summed E-state index contributed by atoms with van der Waals surface area (Å²) in [6.07, 6.45) is 0.